The van der Waals surface area contributed by atoms with Gasteiger partial charge in [0.05, 0.1) is 5.92 Å². The number of hydrogen-bond donors (Lipinski definition) is 0. The van der Waals surface area contributed by atoms with E-state index in [9.17, 15) is 4.79 Å². The monoisotopic (exact) mass is 341 g/mol. The van der Waals surface area contributed by atoms with E-state index >= 15 is 0 Å². The standard InChI is InChI=1S/C19H23N3OS/c1-14-4-5-17(24-14)12-21-11-16-6-8-22(19(23)18(16)13-21)10-15-3-2-7-20-9-15/h2-5,7,9,16,18H,6,8,10-13H2,1H3/t16-,18-/m0/s1. The lowest BCUT2D eigenvalue weighted by atomic mass is 9.88. The Labute approximate surface area is 147 Å². The van der Waals surface area contributed by atoms with Gasteiger partial charge in [-0.3, -0.25) is 14.7 Å². The van der Waals surface area contributed by atoms with Crippen LogP contribution in [0.3, 0.4) is 0 Å². The second-order valence-corrected chi connectivity index (χ2v) is 8.36. The zero-order valence-electron chi connectivity index (χ0n) is 14.0. The fourth-order valence-electron chi connectivity index (χ4n) is 3.99. The van der Waals surface area contributed by atoms with Crippen LogP contribution in [0, 0.1) is 18.8 Å². The second-order valence-electron chi connectivity index (χ2n) is 6.98. The number of aryl methyl sites for hydroxylation is 1. The van der Waals surface area contributed by atoms with Crippen LogP contribution in [0.25, 0.3) is 0 Å². The molecule has 2 aromatic heterocycles. The Bertz CT molecular complexity index is 714. The van der Waals surface area contributed by atoms with Crippen molar-refractivity contribution >= 4 is 17.2 Å². The second kappa shape index (κ2) is 6.65. The van der Waals surface area contributed by atoms with Gasteiger partial charge in [0.15, 0.2) is 0 Å². The molecule has 2 atom stereocenters. The molecular formula is C19H23N3OS. The van der Waals surface area contributed by atoms with Crippen molar-refractivity contribution in [3.05, 3.63) is 52.0 Å². The summed E-state index contributed by atoms with van der Waals surface area (Å²) in [4.78, 5) is 24.3. The van der Waals surface area contributed by atoms with Crippen molar-refractivity contribution in [2.24, 2.45) is 11.8 Å². The predicted molar refractivity (Wildman–Crippen MR) is 95.6 cm³/mol. The molecule has 4 heterocycles. The Balaban J connectivity index is 1.40. The van der Waals surface area contributed by atoms with E-state index in [0.29, 0.717) is 18.4 Å². The van der Waals surface area contributed by atoms with Gasteiger partial charge in [-0.05, 0) is 43.0 Å². The largest absolute Gasteiger partial charge is 0.338 e. The quantitative estimate of drug-likeness (QED) is 0.858. The van der Waals surface area contributed by atoms with Crippen molar-refractivity contribution in [1.29, 1.82) is 0 Å². The molecule has 2 fully saturated rings. The van der Waals surface area contributed by atoms with Crippen LogP contribution in [0.4, 0.5) is 0 Å². The number of rotatable bonds is 4. The number of aromatic nitrogens is 1. The highest BCUT2D eigenvalue weighted by Crippen LogP contribution is 2.34. The summed E-state index contributed by atoms with van der Waals surface area (Å²) in [6.45, 7) is 6.68. The first-order valence-corrected chi connectivity index (χ1v) is 9.46. The third-order valence-electron chi connectivity index (χ3n) is 5.19. The van der Waals surface area contributed by atoms with E-state index in [2.05, 4.69) is 28.9 Å². The minimum Gasteiger partial charge on any atom is -0.338 e. The minimum atomic E-state index is 0.177. The van der Waals surface area contributed by atoms with Gasteiger partial charge >= 0.3 is 0 Å². The maximum Gasteiger partial charge on any atom is 0.227 e. The number of pyridine rings is 1. The van der Waals surface area contributed by atoms with E-state index in [4.69, 9.17) is 0 Å². The molecule has 0 unspecified atom stereocenters. The summed E-state index contributed by atoms with van der Waals surface area (Å²) in [6, 6.07) is 8.39. The highest BCUT2D eigenvalue weighted by atomic mass is 32.1. The Morgan fingerprint density at radius 1 is 1.25 bits per heavy atom. The fraction of sp³-hybridized carbons (Fsp3) is 0.474. The van der Waals surface area contributed by atoms with Gasteiger partial charge in [0.1, 0.15) is 0 Å². The van der Waals surface area contributed by atoms with Crippen LogP contribution in [0.1, 0.15) is 21.7 Å². The van der Waals surface area contributed by atoms with Gasteiger partial charge < -0.3 is 4.90 Å². The summed E-state index contributed by atoms with van der Waals surface area (Å²) in [5, 5.41) is 0. The zero-order valence-corrected chi connectivity index (χ0v) is 14.8. The molecule has 24 heavy (non-hydrogen) atoms. The lowest BCUT2D eigenvalue weighted by molar-refractivity contribution is -0.140. The Morgan fingerprint density at radius 3 is 2.92 bits per heavy atom. The smallest absolute Gasteiger partial charge is 0.227 e. The number of piperidine rings is 1. The first-order chi connectivity index (χ1) is 11.7. The van der Waals surface area contributed by atoms with E-state index in [1.165, 1.54) is 9.75 Å². The molecule has 0 N–H and O–H groups in total. The normalized spacial score (nSPS) is 24.4. The van der Waals surface area contributed by atoms with Gasteiger partial charge in [-0.25, -0.2) is 0 Å². The molecule has 2 saturated heterocycles. The fourth-order valence-corrected chi connectivity index (χ4v) is 4.92. The van der Waals surface area contributed by atoms with Gasteiger partial charge in [-0.2, -0.15) is 0 Å². The molecule has 4 nitrogen and oxygen atoms in total. The number of likely N-dealkylation sites (tertiary alicyclic amines) is 2. The van der Waals surface area contributed by atoms with Crippen LogP contribution in [-0.4, -0.2) is 40.3 Å². The summed E-state index contributed by atoms with van der Waals surface area (Å²) in [6.07, 6.45) is 4.76. The van der Waals surface area contributed by atoms with Crippen molar-refractivity contribution in [3.63, 3.8) is 0 Å². The zero-order chi connectivity index (χ0) is 16.5. The third-order valence-corrected chi connectivity index (χ3v) is 6.17. The van der Waals surface area contributed by atoms with E-state index in [-0.39, 0.29) is 5.92 Å². The number of fused-ring (bicyclic) bond motifs is 1. The van der Waals surface area contributed by atoms with Crippen LogP contribution in [0.2, 0.25) is 0 Å². The van der Waals surface area contributed by atoms with E-state index < -0.39 is 0 Å². The first-order valence-electron chi connectivity index (χ1n) is 8.64. The van der Waals surface area contributed by atoms with E-state index in [1.807, 2.05) is 34.6 Å². The molecule has 0 aliphatic carbocycles. The van der Waals surface area contributed by atoms with Crippen LogP contribution in [0.5, 0.6) is 0 Å². The molecule has 2 aliphatic heterocycles. The molecule has 4 rings (SSSR count). The average Bonchev–Trinajstić information content (AvgIpc) is 3.18. The van der Waals surface area contributed by atoms with Gasteiger partial charge in [0.2, 0.25) is 5.91 Å². The number of carbonyl (C=O) groups is 1. The Morgan fingerprint density at radius 2 is 2.17 bits per heavy atom. The summed E-state index contributed by atoms with van der Waals surface area (Å²) in [5.41, 5.74) is 1.12. The predicted octanol–water partition coefficient (Wildman–Crippen LogP) is 2.93. The lowest BCUT2D eigenvalue weighted by Crippen LogP contribution is -2.44. The maximum absolute atomic E-state index is 12.9. The van der Waals surface area contributed by atoms with Crippen molar-refractivity contribution < 1.29 is 4.79 Å². The molecule has 1 amide bonds. The first kappa shape index (κ1) is 15.8. The number of thiophene rings is 1. The summed E-state index contributed by atoms with van der Waals surface area (Å²) in [7, 11) is 0. The molecule has 5 heteroatoms. The number of carbonyl (C=O) groups excluding carboxylic acids is 1. The van der Waals surface area contributed by atoms with Crippen molar-refractivity contribution in [2.45, 2.75) is 26.4 Å². The Kier molecular flexibility index (Phi) is 4.37. The molecule has 0 bridgehead atoms. The van der Waals surface area contributed by atoms with Crippen LogP contribution >= 0.6 is 11.3 Å². The summed E-state index contributed by atoms with van der Waals surface area (Å²) < 4.78 is 0. The number of nitrogens with zero attached hydrogens (tertiary/aromatic N) is 3. The highest BCUT2D eigenvalue weighted by molar-refractivity contribution is 7.11. The third kappa shape index (κ3) is 3.23. The molecule has 0 radical (unpaired) electrons. The van der Waals surface area contributed by atoms with Crippen LogP contribution in [-0.2, 0) is 17.9 Å². The van der Waals surface area contributed by atoms with Crippen molar-refractivity contribution in [3.8, 4) is 0 Å². The molecule has 126 valence electrons. The lowest BCUT2D eigenvalue weighted by Gasteiger charge is -2.33. The molecule has 0 saturated carbocycles. The molecule has 0 spiro atoms. The van der Waals surface area contributed by atoms with Crippen molar-refractivity contribution in [2.75, 3.05) is 19.6 Å². The van der Waals surface area contributed by atoms with E-state index in [0.717, 1.165) is 38.2 Å². The summed E-state index contributed by atoms with van der Waals surface area (Å²) in [5.74, 6) is 1.04. The average molecular weight is 341 g/mol. The minimum absolute atomic E-state index is 0.177. The molecule has 2 aromatic rings. The van der Waals surface area contributed by atoms with Crippen LogP contribution < -0.4 is 0 Å². The van der Waals surface area contributed by atoms with Gasteiger partial charge in [0, 0.05) is 54.9 Å². The summed E-state index contributed by atoms with van der Waals surface area (Å²) >= 11 is 1.87. The SMILES string of the molecule is Cc1ccc(CN2C[C@@H]3CCN(Cc4cccnc4)C(=O)[C@H]3C2)s1. The topological polar surface area (TPSA) is 36.4 Å². The number of hydrogen-bond acceptors (Lipinski definition) is 4. The van der Waals surface area contributed by atoms with Crippen LogP contribution in [0.15, 0.2) is 36.7 Å². The maximum atomic E-state index is 12.9. The molecule has 2 aliphatic rings. The van der Waals surface area contributed by atoms with Crippen molar-refractivity contribution in [1.82, 2.24) is 14.8 Å². The Hall–Kier alpha value is -1.72. The molecular weight excluding hydrogens is 318 g/mol. The number of amides is 1. The highest BCUT2D eigenvalue weighted by Gasteiger charge is 2.42. The van der Waals surface area contributed by atoms with Gasteiger partial charge in [0.25, 0.3) is 0 Å². The van der Waals surface area contributed by atoms with Gasteiger partial charge in [-0.1, -0.05) is 6.07 Å². The van der Waals surface area contributed by atoms with E-state index in [1.54, 1.807) is 6.20 Å². The van der Waals surface area contributed by atoms with Gasteiger partial charge in [-0.15, -0.1) is 11.3 Å². The molecule has 0 aromatic carbocycles.